The predicted molar refractivity (Wildman–Crippen MR) is 82.9 cm³/mol. The van der Waals surface area contributed by atoms with Gasteiger partial charge in [0.15, 0.2) is 0 Å². The largest absolute Gasteiger partial charge is 0.496 e. The highest BCUT2D eigenvalue weighted by atomic mass is 79.9. The number of nitrogens with one attached hydrogen (secondary N) is 1. The number of benzene rings is 1. The molecule has 1 heterocycles. The number of amides is 2. The molecule has 1 saturated heterocycles. The number of piperazine rings is 1. The second-order valence-corrected chi connectivity index (χ2v) is 5.98. The average Bonchev–Trinajstić information content (AvgIpc) is 2.47. The van der Waals surface area contributed by atoms with Gasteiger partial charge in [0.1, 0.15) is 17.8 Å². The van der Waals surface area contributed by atoms with E-state index >= 15 is 0 Å². The molecule has 0 aromatic heterocycles. The summed E-state index contributed by atoms with van der Waals surface area (Å²) in [7, 11) is 1.59. The number of carbonyl (C=O) groups is 2. The van der Waals surface area contributed by atoms with Crippen LogP contribution in [0.25, 0.3) is 0 Å². The number of halogens is 1. The van der Waals surface area contributed by atoms with Gasteiger partial charge in [-0.3, -0.25) is 9.59 Å². The number of rotatable bonds is 4. The fourth-order valence-corrected chi connectivity index (χ4v) is 2.84. The lowest BCUT2D eigenvalue weighted by Gasteiger charge is -2.37. The van der Waals surface area contributed by atoms with E-state index in [1.807, 2.05) is 25.1 Å². The Morgan fingerprint density at radius 1 is 1.38 bits per heavy atom. The van der Waals surface area contributed by atoms with E-state index in [1.54, 1.807) is 18.9 Å². The Bertz CT molecular complexity index is 562. The van der Waals surface area contributed by atoms with E-state index in [0.717, 1.165) is 10.0 Å². The van der Waals surface area contributed by atoms with E-state index < -0.39 is 12.1 Å². The molecule has 6 heteroatoms. The molecule has 0 bridgehead atoms. The quantitative estimate of drug-likeness (QED) is 0.900. The van der Waals surface area contributed by atoms with Gasteiger partial charge in [-0.2, -0.15) is 0 Å². The van der Waals surface area contributed by atoms with Crippen LogP contribution in [0, 0.1) is 0 Å². The highest BCUT2D eigenvalue weighted by Gasteiger charge is 2.37. The van der Waals surface area contributed by atoms with Gasteiger partial charge in [0.25, 0.3) is 0 Å². The molecule has 1 N–H and O–H groups in total. The van der Waals surface area contributed by atoms with E-state index in [0.29, 0.717) is 18.7 Å². The van der Waals surface area contributed by atoms with Crippen molar-refractivity contribution in [1.82, 2.24) is 10.2 Å². The van der Waals surface area contributed by atoms with Gasteiger partial charge in [0, 0.05) is 10.0 Å². The van der Waals surface area contributed by atoms with E-state index in [9.17, 15) is 9.59 Å². The van der Waals surface area contributed by atoms with Crippen LogP contribution in [0.2, 0.25) is 0 Å². The third kappa shape index (κ3) is 3.20. The first-order chi connectivity index (χ1) is 9.97. The molecule has 2 unspecified atom stereocenters. The minimum Gasteiger partial charge on any atom is -0.496 e. The van der Waals surface area contributed by atoms with Crippen LogP contribution in [0.15, 0.2) is 22.7 Å². The summed E-state index contributed by atoms with van der Waals surface area (Å²) in [6, 6.07) is 4.71. The van der Waals surface area contributed by atoms with Gasteiger partial charge < -0.3 is 15.0 Å². The second kappa shape index (κ2) is 6.47. The Hall–Kier alpha value is -1.56. The van der Waals surface area contributed by atoms with Crippen LogP contribution in [0.1, 0.15) is 25.8 Å². The molecule has 114 valence electrons. The molecule has 1 aromatic carbocycles. The van der Waals surface area contributed by atoms with Gasteiger partial charge in [-0.1, -0.05) is 22.9 Å². The van der Waals surface area contributed by atoms with Crippen molar-refractivity contribution < 1.29 is 14.3 Å². The summed E-state index contributed by atoms with van der Waals surface area (Å²) < 4.78 is 6.24. The molecular weight excluding hydrogens is 336 g/mol. The highest BCUT2D eigenvalue weighted by molar-refractivity contribution is 9.10. The first kappa shape index (κ1) is 15.8. The molecule has 2 amide bonds. The minimum absolute atomic E-state index is 0.0494. The maximum atomic E-state index is 12.5. The van der Waals surface area contributed by atoms with Gasteiger partial charge in [0.2, 0.25) is 11.8 Å². The summed E-state index contributed by atoms with van der Waals surface area (Å²) in [6.07, 6.45) is 0.587. The van der Waals surface area contributed by atoms with Crippen molar-refractivity contribution in [3.05, 3.63) is 28.2 Å². The standard InChI is InChI=1S/C15H19BrN2O3/c1-4-12-15(20)18(9(2)14(19)17-12)8-10-7-11(16)5-6-13(10)21-3/h5-7,9,12H,4,8H2,1-3H3,(H,17,19). The van der Waals surface area contributed by atoms with Gasteiger partial charge in [-0.25, -0.2) is 0 Å². The van der Waals surface area contributed by atoms with Gasteiger partial charge in [0.05, 0.1) is 13.7 Å². The molecule has 21 heavy (non-hydrogen) atoms. The Morgan fingerprint density at radius 2 is 2.10 bits per heavy atom. The molecule has 2 atom stereocenters. The van der Waals surface area contributed by atoms with Crippen LogP contribution >= 0.6 is 15.9 Å². The summed E-state index contributed by atoms with van der Waals surface area (Å²) in [5, 5.41) is 2.75. The van der Waals surface area contributed by atoms with Crippen LogP contribution < -0.4 is 10.1 Å². The Morgan fingerprint density at radius 3 is 2.71 bits per heavy atom. The predicted octanol–water partition coefficient (Wildman–Crippen LogP) is 2.08. The smallest absolute Gasteiger partial charge is 0.246 e. The summed E-state index contributed by atoms with van der Waals surface area (Å²) in [5.41, 5.74) is 0.872. The Balaban J connectivity index is 2.30. The zero-order chi connectivity index (χ0) is 15.6. The van der Waals surface area contributed by atoms with Crippen LogP contribution in [0.3, 0.4) is 0 Å². The summed E-state index contributed by atoms with van der Waals surface area (Å²) in [6.45, 7) is 3.98. The van der Waals surface area contributed by atoms with E-state index in [-0.39, 0.29) is 11.8 Å². The molecule has 1 aliphatic rings. The number of carbonyl (C=O) groups excluding carboxylic acids is 2. The van der Waals surface area contributed by atoms with Crippen LogP contribution in [0.5, 0.6) is 5.75 Å². The molecule has 1 fully saturated rings. The maximum Gasteiger partial charge on any atom is 0.246 e. The maximum absolute atomic E-state index is 12.5. The first-order valence-corrected chi connectivity index (χ1v) is 7.70. The van der Waals surface area contributed by atoms with Gasteiger partial charge in [-0.05, 0) is 31.5 Å². The average molecular weight is 355 g/mol. The number of nitrogens with zero attached hydrogens (tertiary/aromatic N) is 1. The summed E-state index contributed by atoms with van der Waals surface area (Å²) in [4.78, 5) is 26.1. The van der Waals surface area contributed by atoms with Crippen LogP contribution in [0.4, 0.5) is 0 Å². The Labute approximate surface area is 132 Å². The molecule has 0 aliphatic carbocycles. The zero-order valence-corrected chi connectivity index (χ0v) is 13.9. The monoisotopic (exact) mass is 354 g/mol. The normalized spacial score (nSPS) is 22.2. The number of hydrogen-bond acceptors (Lipinski definition) is 3. The number of ether oxygens (including phenoxy) is 1. The molecule has 2 rings (SSSR count). The molecule has 0 spiro atoms. The van der Waals surface area contributed by atoms with Crippen molar-refractivity contribution in [2.45, 2.75) is 38.9 Å². The van der Waals surface area contributed by atoms with Crippen molar-refractivity contribution >= 4 is 27.7 Å². The topological polar surface area (TPSA) is 58.6 Å². The fraction of sp³-hybridized carbons (Fsp3) is 0.467. The van der Waals surface area contributed by atoms with E-state index in [4.69, 9.17) is 4.74 Å². The molecule has 1 aliphatic heterocycles. The fourth-order valence-electron chi connectivity index (χ4n) is 2.43. The molecule has 1 aromatic rings. The Kier molecular flexibility index (Phi) is 4.88. The zero-order valence-electron chi connectivity index (χ0n) is 12.4. The van der Waals surface area contributed by atoms with Crippen LogP contribution in [-0.4, -0.2) is 35.9 Å². The lowest BCUT2D eigenvalue weighted by molar-refractivity contribution is -0.149. The SMILES string of the molecule is CCC1NC(=O)C(C)N(Cc2cc(Br)ccc2OC)C1=O. The third-order valence-corrected chi connectivity index (χ3v) is 4.23. The summed E-state index contributed by atoms with van der Waals surface area (Å²) in [5.74, 6) is 0.541. The van der Waals surface area contributed by atoms with Crippen molar-refractivity contribution in [2.75, 3.05) is 7.11 Å². The molecule has 5 nitrogen and oxygen atoms in total. The van der Waals surface area contributed by atoms with Gasteiger partial charge in [-0.15, -0.1) is 0 Å². The number of methoxy groups -OCH3 is 1. The molecule has 0 saturated carbocycles. The number of hydrogen-bond donors (Lipinski definition) is 1. The third-order valence-electron chi connectivity index (χ3n) is 3.74. The summed E-state index contributed by atoms with van der Waals surface area (Å²) >= 11 is 3.42. The van der Waals surface area contributed by atoms with Crippen molar-refractivity contribution in [1.29, 1.82) is 0 Å². The van der Waals surface area contributed by atoms with Crippen molar-refractivity contribution in [3.8, 4) is 5.75 Å². The van der Waals surface area contributed by atoms with Gasteiger partial charge >= 0.3 is 0 Å². The van der Waals surface area contributed by atoms with Crippen LogP contribution in [-0.2, 0) is 16.1 Å². The van der Waals surface area contributed by atoms with Crippen molar-refractivity contribution in [3.63, 3.8) is 0 Å². The van der Waals surface area contributed by atoms with E-state index in [2.05, 4.69) is 21.2 Å². The van der Waals surface area contributed by atoms with Crippen molar-refractivity contribution in [2.24, 2.45) is 0 Å². The second-order valence-electron chi connectivity index (χ2n) is 5.07. The lowest BCUT2D eigenvalue weighted by Crippen LogP contribution is -2.61. The first-order valence-electron chi connectivity index (χ1n) is 6.91. The highest BCUT2D eigenvalue weighted by Crippen LogP contribution is 2.26. The van der Waals surface area contributed by atoms with E-state index in [1.165, 1.54) is 0 Å². The minimum atomic E-state index is -0.482. The lowest BCUT2D eigenvalue weighted by atomic mass is 10.0. The molecular formula is C15H19BrN2O3. The molecule has 0 radical (unpaired) electrons.